The number of nitrogens with zero attached hydrogens (tertiary/aromatic N) is 3. The lowest BCUT2D eigenvalue weighted by atomic mass is 10.1. The number of hydrogen-bond donors (Lipinski definition) is 2. The van der Waals surface area contributed by atoms with Crippen molar-refractivity contribution in [1.29, 1.82) is 0 Å². The fourth-order valence-electron chi connectivity index (χ4n) is 3.07. The summed E-state index contributed by atoms with van der Waals surface area (Å²) in [6.45, 7) is 0.0987. The summed E-state index contributed by atoms with van der Waals surface area (Å²) in [4.78, 5) is 51.2. The molecule has 0 aliphatic rings. The summed E-state index contributed by atoms with van der Waals surface area (Å²) in [5.74, 6) is -0.766. The van der Waals surface area contributed by atoms with E-state index in [2.05, 4.69) is 4.98 Å². The number of nitrogens with one attached hydrogen (secondary N) is 1. The average Bonchev–Trinajstić information content (AvgIpc) is 2.71. The number of aromatic nitrogens is 2. The second kappa shape index (κ2) is 8.43. The molecular weight excluding hydrogens is 390 g/mol. The predicted molar refractivity (Wildman–Crippen MR) is 111 cm³/mol. The van der Waals surface area contributed by atoms with Crippen LogP contribution in [0.5, 0.6) is 0 Å². The van der Waals surface area contributed by atoms with Gasteiger partial charge in [-0.05, 0) is 5.56 Å². The number of nitrogen functional groups attached to an aromatic ring is 1. The third-order valence-corrected chi connectivity index (χ3v) is 4.64. The number of aromatic amines is 1. The summed E-state index contributed by atoms with van der Waals surface area (Å²) in [5, 5.41) is 11.2. The van der Waals surface area contributed by atoms with E-state index in [-0.39, 0.29) is 35.7 Å². The molecule has 154 valence electrons. The number of amides is 1. The largest absolute Gasteiger partial charge is 0.383 e. The van der Waals surface area contributed by atoms with Gasteiger partial charge in [0.05, 0.1) is 17.9 Å². The Morgan fingerprint density at radius 1 is 1.13 bits per heavy atom. The van der Waals surface area contributed by atoms with Crippen molar-refractivity contribution < 1.29 is 9.72 Å². The number of anilines is 2. The second-order valence-electron chi connectivity index (χ2n) is 6.58. The van der Waals surface area contributed by atoms with Crippen LogP contribution in [0.4, 0.5) is 17.2 Å². The minimum Gasteiger partial charge on any atom is -0.383 e. The number of carbonyl (C=O) groups is 1. The van der Waals surface area contributed by atoms with Crippen LogP contribution >= 0.6 is 0 Å². The fourth-order valence-corrected chi connectivity index (χ4v) is 3.07. The molecule has 10 heteroatoms. The molecule has 2 aromatic carbocycles. The number of rotatable bonds is 6. The van der Waals surface area contributed by atoms with E-state index in [1.165, 1.54) is 25.2 Å². The van der Waals surface area contributed by atoms with Gasteiger partial charge in [0.25, 0.3) is 11.2 Å². The van der Waals surface area contributed by atoms with Gasteiger partial charge in [-0.15, -0.1) is 0 Å². The van der Waals surface area contributed by atoms with Gasteiger partial charge in [0.1, 0.15) is 5.82 Å². The summed E-state index contributed by atoms with van der Waals surface area (Å²) in [6, 6.07) is 14.8. The molecule has 3 aromatic rings. The maximum atomic E-state index is 12.8. The highest BCUT2D eigenvalue weighted by Crippen LogP contribution is 2.21. The predicted octanol–water partition coefficient (Wildman–Crippen LogP) is 1.28. The lowest BCUT2D eigenvalue weighted by Crippen LogP contribution is -2.40. The Bertz CT molecular complexity index is 1220. The second-order valence-corrected chi connectivity index (χ2v) is 6.58. The van der Waals surface area contributed by atoms with Crippen LogP contribution in [0, 0.1) is 10.1 Å². The Morgan fingerprint density at radius 3 is 2.43 bits per heavy atom. The van der Waals surface area contributed by atoms with Crippen molar-refractivity contribution in [3.63, 3.8) is 0 Å². The molecule has 0 fully saturated rings. The van der Waals surface area contributed by atoms with Crippen LogP contribution in [0.2, 0.25) is 0 Å². The molecule has 30 heavy (non-hydrogen) atoms. The number of nitro groups is 1. The van der Waals surface area contributed by atoms with Gasteiger partial charge in [0.15, 0.2) is 5.69 Å². The molecule has 0 spiro atoms. The quantitative estimate of drug-likeness (QED) is 0.463. The molecule has 0 bridgehead atoms. The van der Waals surface area contributed by atoms with E-state index in [4.69, 9.17) is 5.73 Å². The van der Waals surface area contributed by atoms with Crippen LogP contribution in [-0.4, -0.2) is 27.4 Å². The molecule has 1 aromatic heterocycles. The van der Waals surface area contributed by atoms with Crippen LogP contribution in [0.1, 0.15) is 11.1 Å². The number of nitrogens with two attached hydrogens (primary N) is 1. The Hall–Kier alpha value is -4.21. The normalized spacial score (nSPS) is 10.6. The van der Waals surface area contributed by atoms with E-state index in [1.54, 1.807) is 30.3 Å². The SMILES string of the molecule is CN(C(=O)Cc1ccccc1[N+](=O)[O-])c1c(N)n(Cc2ccccc2)c(=O)[nH]c1=O. The molecule has 0 radical (unpaired) electrons. The van der Waals surface area contributed by atoms with Crippen LogP contribution in [0.15, 0.2) is 64.2 Å². The van der Waals surface area contributed by atoms with Crippen molar-refractivity contribution in [3.8, 4) is 0 Å². The molecular formula is C20H19N5O5. The molecule has 0 saturated heterocycles. The lowest BCUT2D eigenvalue weighted by molar-refractivity contribution is -0.385. The third-order valence-electron chi connectivity index (χ3n) is 4.64. The molecule has 1 amide bonds. The van der Waals surface area contributed by atoms with Gasteiger partial charge in [-0.1, -0.05) is 48.5 Å². The molecule has 0 aliphatic heterocycles. The molecule has 3 N–H and O–H groups in total. The van der Waals surface area contributed by atoms with E-state index in [1.807, 2.05) is 6.07 Å². The van der Waals surface area contributed by atoms with Crippen molar-refractivity contribution >= 4 is 23.1 Å². The highest BCUT2D eigenvalue weighted by Gasteiger charge is 2.23. The molecule has 10 nitrogen and oxygen atoms in total. The molecule has 0 unspecified atom stereocenters. The Kier molecular flexibility index (Phi) is 5.77. The highest BCUT2D eigenvalue weighted by atomic mass is 16.6. The zero-order valence-corrected chi connectivity index (χ0v) is 16.1. The van der Waals surface area contributed by atoms with Gasteiger partial charge >= 0.3 is 5.69 Å². The van der Waals surface area contributed by atoms with Crippen molar-refractivity contribution in [2.45, 2.75) is 13.0 Å². The molecule has 0 aliphatic carbocycles. The summed E-state index contributed by atoms with van der Waals surface area (Å²) in [7, 11) is 1.33. The van der Waals surface area contributed by atoms with Crippen molar-refractivity contribution in [2.75, 3.05) is 17.7 Å². The van der Waals surface area contributed by atoms with E-state index >= 15 is 0 Å². The van der Waals surface area contributed by atoms with Gasteiger partial charge < -0.3 is 10.6 Å². The molecule has 0 atom stereocenters. The van der Waals surface area contributed by atoms with Gasteiger partial charge in [0, 0.05) is 18.7 Å². The Labute approximate surface area is 170 Å². The smallest absolute Gasteiger partial charge is 0.330 e. The minimum absolute atomic E-state index is 0.0987. The van der Waals surface area contributed by atoms with Crippen LogP contribution in [0.25, 0.3) is 0 Å². The van der Waals surface area contributed by atoms with Gasteiger partial charge in [0.2, 0.25) is 5.91 Å². The number of para-hydroxylation sites is 1. The standard InChI is InChI=1S/C20H19N5O5/c1-23(16(26)11-14-9-5-6-10-15(14)25(29)30)17-18(21)24(20(28)22-19(17)27)12-13-7-3-2-4-8-13/h2-10H,11-12,21H2,1H3,(H,22,27,28). The summed E-state index contributed by atoms with van der Waals surface area (Å²) < 4.78 is 1.15. The number of likely N-dealkylation sites (N-methyl/N-ethyl adjacent to an activating group) is 1. The number of hydrogen-bond acceptors (Lipinski definition) is 6. The van der Waals surface area contributed by atoms with Crippen LogP contribution in [0.3, 0.4) is 0 Å². The maximum Gasteiger partial charge on any atom is 0.330 e. The van der Waals surface area contributed by atoms with E-state index in [9.17, 15) is 24.5 Å². The van der Waals surface area contributed by atoms with Gasteiger partial charge in [-0.2, -0.15) is 0 Å². The maximum absolute atomic E-state index is 12.8. The van der Waals surface area contributed by atoms with Crippen molar-refractivity contribution in [3.05, 3.63) is 96.7 Å². The first-order valence-electron chi connectivity index (χ1n) is 8.95. The Morgan fingerprint density at radius 2 is 1.77 bits per heavy atom. The minimum atomic E-state index is -0.819. The van der Waals surface area contributed by atoms with Gasteiger partial charge in [-0.3, -0.25) is 29.3 Å². The highest BCUT2D eigenvalue weighted by molar-refractivity contribution is 5.96. The number of benzene rings is 2. The number of carbonyl (C=O) groups excluding carboxylic acids is 1. The van der Waals surface area contributed by atoms with Crippen molar-refractivity contribution in [2.24, 2.45) is 0 Å². The van der Waals surface area contributed by atoms with Crippen LogP contribution < -0.4 is 21.9 Å². The first-order valence-corrected chi connectivity index (χ1v) is 8.95. The average molecular weight is 409 g/mol. The number of nitro benzene ring substituents is 1. The monoisotopic (exact) mass is 409 g/mol. The third kappa shape index (κ3) is 4.12. The summed E-state index contributed by atoms with van der Waals surface area (Å²) >= 11 is 0. The molecule has 0 saturated carbocycles. The summed E-state index contributed by atoms with van der Waals surface area (Å²) in [6.07, 6.45) is -0.315. The van der Waals surface area contributed by atoms with E-state index in [0.717, 1.165) is 15.0 Å². The van der Waals surface area contributed by atoms with E-state index in [0.29, 0.717) is 0 Å². The summed E-state index contributed by atoms with van der Waals surface area (Å²) in [5.41, 5.74) is 5.14. The molecule has 1 heterocycles. The van der Waals surface area contributed by atoms with Gasteiger partial charge in [-0.25, -0.2) is 4.79 Å². The van der Waals surface area contributed by atoms with Crippen LogP contribution in [-0.2, 0) is 17.8 Å². The fraction of sp³-hybridized carbons (Fsp3) is 0.150. The van der Waals surface area contributed by atoms with E-state index < -0.39 is 22.1 Å². The van der Waals surface area contributed by atoms with Crippen molar-refractivity contribution in [1.82, 2.24) is 9.55 Å². The topological polar surface area (TPSA) is 144 Å². The lowest BCUT2D eigenvalue weighted by Gasteiger charge is -2.20. The molecule has 3 rings (SSSR count). The first-order chi connectivity index (χ1) is 14.3. The zero-order chi connectivity index (χ0) is 21.8. The first kappa shape index (κ1) is 20.5. The Balaban J connectivity index is 1.96. The zero-order valence-electron chi connectivity index (χ0n) is 16.1. The number of H-pyrrole nitrogens is 1.